The number of nitrogens with zero attached hydrogens (tertiary/aromatic N) is 3. The van der Waals surface area contributed by atoms with Gasteiger partial charge in [0, 0.05) is 55.4 Å². The Bertz CT molecular complexity index is 1060. The summed E-state index contributed by atoms with van der Waals surface area (Å²) in [5.41, 5.74) is 5.12. The van der Waals surface area contributed by atoms with Crippen LogP contribution >= 0.6 is 11.8 Å². The second kappa shape index (κ2) is 9.37. The minimum Gasteiger partial charge on any atom is -0.379 e. The van der Waals surface area contributed by atoms with E-state index in [1.807, 2.05) is 23.1 Å². The monoisotopic (exact) mass is 466 g/mol. The fourth-order valence-corrected chi connectivity index (χ4v) is 5.83. The lowest BCUT2D eigenvalue weighted by Gasteiger charge is -2.37. The van der Waals surface area contributed by atoms with Crippen LogP contribution in [0, 0.1) is 13.8 Å². The molecule has 1 atom stereocenters. The van der Waals surface area contributed by atoms with Crippen molar-refractivity contribution in [3.8, 4) is 0 Å². The zero-order valence-corrected chi connectivity index (χ0v) is 20.0. The van der Waals surface area contributed by atoms with E-state index in [0.29, 0.717) is 31.9 Å². The number of anilines is 2. The minimum atomic E-state index is -0.249. The van der Waals surface area contributed by atoms with E-state index in [1.165, 1.54) is 16.8 Å². The van der Waals surface area contributed by atoms with Crippen LogP contribution in [0.15, 0.2) is 41.3 Å². The molecular formula is C25H30N4O3S. The average Bonchev–Trinajstić information content (AvgIpc) is 2.85. The Labute approximate surface area is 199 Å². The highest BCUT2D eigenvalue weighted by Gasteiger charge is 2.33. The number of aryl methyl sites for hydroxylation is 2. The van der Waals surface area contributed by atoms with Gasteiger partial charge in [-0.25, -0.2) is 0 Å². The molecule has 0 bridgehead atoms. The maximum Gasteiger partial charge on any atom is 0.254 e. The molecule has 0 saturated carbocycles. The molecule has 3 aliphatic rings. The summed E-state index contributed by atoms with van der Waals surface area (Å²) >= 11 is 1.55. The number of fused-ring (bicyclic) bond motifs is 1. The van der Waals surface area contributed by atoms with Crippen molar-refractivity contribution in [2.45, 2.75) is 24.1 Å². The zero-order valence-electron chi connectivity index (χ0n) is 19.2. The van der Waals surface area contributed by atoms with Crippen LogP contribution in [-0.4, -0.2) is 79.5 Å². The van der Waals surface area contributed by atoms with Crippen LogP contribution in [0.25, 0.3) is 0 Å². The van der Waals surface area contributed by atoms with Crippen LogP contribution in [-0.2, 0) is 9.53 Å². The predicted molar refractivity (Wildman–Crippen MR) is 131 cm³/mol. The number of morpholine rings is 1. The molecule has 1 N–H and O–H groups in total. The molecule has 2 aromatic carbocycles. The summed E-state index contributed by atoms with van der Waals surface area (Å²) < 4.78 is 5.41. The van der Waals surface area contributed by atoms with Crippen molar-refractivity contribution >= 4 is 35.0 Å². The van der Waals surface area contributed by atoms with Crippen LogP contribution in [0.5, 0.6) is 0 Å². The molecule has 2 fully saturated rings. The number of nitrogens with one attached hydrogen (secondary N) is 1. The molecule has 8 heteroatoms. The van der Waals surface area contributed by atoms with Gasteiger partial charge in [0.2, 0.25) is 0 Å². The minimum absolute atomic E-state index is 0.0213. The summed E-state index contributed by atoms with van der Waals surface area (Å²) in [5, 5.41) is 2.78. The number of rotatable bonds is 3. The molecule has 2 saturated heterocycles. The van der Waals surface area contributed by atoms with E-state index in [1.54, 1.807) is 11.8 Å². The lowest BCUT2D eigenvalue weighted by molar-refractivity contribution is -0.119. The third kappa shape index (κ3) is 4.60. The summed E-state index contributed by atoms with van der Waals surface area (Å²) in [5.74, 6) is -0.00546. The molecule has 2 aromatic rings. The van der Waals surface area contributed by atoms with Gasteiger partial charge in [-0.2, -0.15) is 0 Å². The fourth-order valence-electron chi connectivity index (χ4n) is 4.68. The molecule has 0 aromatic heterocycles. The normalized spacial score (nSPS) is 21.5. The van der Waals surface area contributed by atoms with Crippen LogP contribution in [0.2, 0.25) is 0 Å². The lowest BCUT2D eigenvalue weighted by Crippen LogP contribution is -2.49. The van der Waals surface area contributed by atoms with Gasteiger partial charge in [-0.15, -0.1) is 0 Å². The molecule has 0 spiro atoms. The van der Waals surface area contributed by atoms with Gasteiger partial charge in [0.1, 0.15) is 5.37 Å². The third-order valence-corrected chi connectivity index (χ3v) is 7.94. The van der Waals surface area contributed by atoms with Crippen molar-refractivity contribution in [2.75, 3.05) is 62.7 Å². The molecule has 0 radical (unpaired) electrons. The van der Waals surface area contributed by atoms with Gasteiger partial charge < -0.3 is 19.9 Å². The standard InChI is InChI=1S/C25H30N4O3S/c1-17-3-4-18(2)21(15-17)27-7-9-28(10-8-27)24(31)19-5-6-22-20(16-19)26-23(30)25(33-22)29-11-13-32-14-12-29/h3-6,15-16,25H,7-14H2,1-2H3,(H,26,30). The van der Waals surface area contributed by atoms with Gasteiger partial charge >= 0.3 is 0 Å². The number of hydrogen-bond acceptors (Lipinski definition) is 6. The maximum absolute atomic E-state index is 13.2. The second-order valence-electron chi connectivity index (χ2n) is 8.89. The first-order chi connectivity index (χ1) is 16.0. The summed E-state index contributed by atoms with van der Waals surface area (Å²) in [6.07, 6.45) is 0. The molecule has 1 unspecified atom stereocenters. The van der Waals surface area contributed by atoms with Crippen LogP contribution in [0.4, 0.5) is 11.4 Å². The van der Waals surface area contributed by atoms with Crippen molar-refractivity contribution in [3.63, 3.8) is 0 Å². The van der Waals surface area contributed by atoms with E-state index in [4.69, 9.17) is 4.74 Å². The third-order valence-electron chi connectivity index (χ3n) is 6.60. The maximum atomic E-state index is 13.2. The van der Waals surface area contributed by atoms with E-state index < -0.39 is 0 Å². The van der Waals surface area contributed by atoms with Gasteiger partial charge in [0.25, 0.3) is 11.8 Å². The predicted octanol–water partition coefficient (Wildman–Crippen LogP) is 2.97. The van der Waals surface area contributed by atoms with Crippen molar-refractivity contribution in [1.82, 2.24) is 9.80 Å². The number of piperazine rings is 1. The molecular weight excluding hydrogens is 436 g/mol. The van der Waals surface area contributed by atoms with Gasteiger partial charge in [-0.05, 0) is 49.2 Å². The first kappa shape index (κ1) is 22.3. The molecule has 3 heterocycles. The van der Waals surface area contributed by atoms with Gasteiger partial charge in [0.15, 0.2) is 0 Å². The number of carbonyl (C=O) groups is 2. The summed E-state index contributed by atoms with van der Waals surface area (Å²) in [4.78, 5) is 33.4. The average molecular weight is 467 g/mol. The molecule has 33 heavy (non-hydrogen) atoms. The van der Waals surface area contributed by atoms with Crippen molar-refractivity contribution in [3.05, 3.63) is 53.1 Å². The largest absolute Gasteiger partial charge is 0.379 e. The Morgan fingerprint density at radius 3 is 2.52 bits per heavy atom. The highest BCUT2D eigenvalue weighted by molar-refractivity contribution is 8.00. The molecule has 5 rings (SSSR count). The number of benzene rings is 2. The molecule has 0 aliphatic carbocycles. The van der Waals surface area contributed by atoms with Gasteiger partial charge in [0.05, 0.1) is 18.9 Å². The fraction of sp³-hybridized carbons (Fsp3) is 0.440. The quantitative estimate of drug-likeness (QED) is 0.750. The first-order valence-corrected chi connectivity index (χ1v) is 12.4. The number of carbonyl (C=O) groups excluding carboxylic acids is 2. The Hall–Kier alpha value is -2.55. The summed E-state index contributed by atoms with van der Waals surface area (Å²) in [6.45, 7) is 10.1. The molecule has 174 valence electrons. The highest BCUT2D eigenvalue weighted by Crippen LogP contribution is 2.38. The molecule has 2 amide bonds. The van der Waals surface area contributed by atoms with Crippen molar-refractivity contribution in [2.24, 2.45) is 0 Å². The van der Waals surface area contributed by atoms with E-state index in [0.717, 1.165) is 36.8 Å². The highest BCUT2D eigenvalue weighted by atomic mass is 32.2. The lowest BCUT2D eigenvalue weighted by atomic mass is 10.1. The molecule has 7 nitrogen and oxygen atoms in total. The summed E-state index contributed by atoms with van der Waals surface area (Å²) in [7, 11) is 0. The topological polar surface area (TPSA) is 65.1 Å². The smallest absolute Gasteiger partial charge is 0.254 e. The van der Waals surface area contributed by atoms with E-state index in [2.05, 4.69) is 47.2 Å². The van der Waals surface area contributed by atoms with E-state index in [-0.39, 0.29) is 17.2 Å². The van der Waals surface area contributed by atoms with Gasteiger partial charge in [-0.1, -0.05) is 23.9 Å². The van der Waals surface area contributed by atoms with Crippen molar-refractivity contribution in [1.29, 1.82) is 0 Å². The second-order valence-corrected chi connectivity index (χ2v) is 10.0. The van der Waals surface area contributed by atoms with E-state index >= 15 is 0 Å². The first-order valence-electron chi connectivity index (χ1n) is 11.5. The van der Waals surface area contributed by atoms with Crippen LogP contribution in [0.3, 0.4) is 0 Å². The number of amides is 2. The zero-order chi connectivity index (χ0) is 22.9. The SMILES string of the molecule is Cc1ccc(C)c(N2CCN(C(=O)c3ccc4c(c3)NC(=O)C(N3CCOCC3)S4)CC2)c1. The Morgan fingerprint density at radius 2 is 1.76 bits per heavy atom. The van der Waals surface area contributed by atoms with Crippen molar-refractivity contribution < 1.29 is 14.3 Å². The van der Waals surface area contributed by atoms with Gasteiger partial charge in [-0.3, -0.25) is 14.5 Å². The number of thioether (sulfide) groups is 1. The summed E-state index contributed by atoms with van der Waals surface area (Å²) in [6, 6.07) is 12.2. The number of ether oxygens (including phenoxy) is 1. The van der Waals surface area contributed by atoms with Crippen LogP contribution < -0.4 is 10.2 Å². The number of hydrogen-bond donors (Lipinski definition) is 1. The van der Waals surface area contributed by atoms with E-state index in [9.17, 15) is 9.59 Å². The Morgan fingerprint density at radius 1 is 1.00 bits per heavy atom. The van der Waals surface area contributed by atoms with Crippen LogP contribution in [0.1, 0.15) is 21.5 Å². The Kier molecular flexibility index (Phi) is 6.32. The Balaban J connectivity index is 1.25. The molecule has 3 aliphatic heterocycles.